The van der Waals surface area contributed by atoms with E-state index in [4.69, 9.17) is 5.11 Å². The summed E-state index contributed by atoms with van der Waals surface area (Å²) in [7, 11) is 0. The normalized spacial score (nSPS) is 9.50. The summed E-state index contributed by atoms with van der Waals surface area (Å²) in [4.78, 5) is 9.32. The van der Waals surface area contributed by atoms with Crippen molar-refractivity contribution in [3.05, 3.63) is 24.3 Å². The third kappa shape index (κ3) is 27.4. The highest BCUT2D eigenvalue weighted by Crippen LogP contribution is 1.60. The lowest BCUT2D eigenvalue weighted by molar-refractivity contribution is -0.104. The fourth-order valence-electron chi connectivity index (χ4n) is 0.184. The highest BCUT2D eigenvalue weighted by molar-refractivity contribution is 5.64. The van der Waals surface area contributed by atoms with E-state index in [0.29, 0.717) is 0 Å². The monoisotopic (exact) mass is 142 g/mol. The topological polar surface area (TPSA) is 37.3 Å². The molecule has 0 rings (SSSR count). The van der Waals surface area contributed by atoms with Crippen molar-refractivity contribution in [3.8, 4) is 0 Å². The summed E-state index contributed by atoms with van der Waals surface area (Å²) in [6, 6.07) is 0. The average Bonchev–Trinajstić information content (AvgIpc) is 1.93. The Hall–Kier alpha value is -0.890. The van der Waals surface area contributed by atoms with Gasteiger partial charge in [-0.2, -0.15) is 0 Å². The SMILES string of the molecule is C/C=C/C=O.C/C=C/CO. The first-order valence-corrected chi connectivity index (χ1v) is 3.11. The molecule has 58 valence electrons. The molecular formula is C8H14O2. The lowest BCUT2D eigenvalue weighted by Gasteiger charge is -1.66. The van der Waals surface area contributed by atoms with Crippen LogP contribution in [0.4, 0.5) is 0 Å². The Labute approximate surface area is 61.9 Å². The molecular weight excluding hydrogens is 128 g/mol. The van der Waals surface area contributed by atoms with E-state index in [1.807, 2.05) is 6.92 Å². The predicted octanol–water partition coefficient (Wildman–Crippen LogP) is 1.32. The van der Waals surface area contributed by atoms with Gasteiger partial charge in [-0.25, -0.2) is 0 Å². The van der Waals surface area contributed by atoms with Gasteiger partial charge in [0.1, 0.15) is 6.29 Å². The summed E-state index contributed by atoms with van der Waals surface area (Å²) < 4.78 is 0. The van der Waals surface area contributed by atoms with Crippen LogP contribution in [-0.2, 0) is 4.79 Å². The molecule has 1 N–H and O–H groups in total. The second-order valence-corrected chi connectivity index (χ2v) is 1.41. The number of carbonyl (C=O) groups excluding carboxylic acids is 1. The highest BCUT2D eigenvalue weighted by Gasteiger charge is 1.52. The van der Waals surface area contributed by atoms with Crippen LogP contribution in [0.15, 0.2) is 24.3 Å². The molecule has 2 nitrogen and oxygen atoms in total. The van der Waals surface area contributed by atoms with Gasteiger partial charge in [0.25, 0.3) is 0 Å². The second kappa shape index (κ2) is 15.7. The fraction of sp³-hybridized carbons (Fsp3) is 0.375. The van der Waals surface area contributed by atoms with E-state index in [9.17, 15) is 4.79 Å². The van der Waals surface area contributed by atoms with Crippen molar-refractivity contribution in [1.29, 1.82) is 0 Å². The minimum absolute atomic E-state index is 0.163. The largest absolute Gasteiger partial charge is 0.392 e. The molecule has 0 saturated heterocycles. The molecule has 0 fully saturated rings. The van der Waals surface area contributed by atoms with Gasteiger partial charge in [0.2, 0.25) is 0 Å². The molecule has 0 aliphatic rings. The van der Waals surface area contributed by atoms with Gasteiger partial charge < -0.3 is 5.11 Å². The van der Waals surface area contributed by atoms with Crippen LogP contribution >= 0.6 is 0 Å². The number of rotatable bonds is 2. The molecule has 2 heteroatoms. The zero-order valence-corrected chi connectivity index (χ0v) is 6.45. The van der Waals surface area contributed by atoms with Crippen LogP contribution in [0.2, 0.25) is 0 Å². The van der Waals surface area contributed by atoms with Crippen LogP contribution in [0.3, 0.4) is 0 Å². The molecule has 0 atom stereocenters. The lowest BCUT2D eigenvalue weighted by atomic mass is 10.6. The number of allylic oxidation sites excluding steroid dienone is 3. The van der Waals surface area contributed by atoms with Gasteiger partial charge in [-0.3, -0.25) is 4.79 Å². The van der Waals surface area contributed by atoms with Crippen LogP contribution in [0.5, 0.6) is 0 Å². The van der Waals surface area contributed by atoms with Gasteiger partial charge in [-0.15, -0.1) is 0 Å². The Balaban J connectivity index is 0. The van der Waals surface area contributed by atoms with Crippen molar-refractivity contribution in [3.63, 3.8) is 0 Å². The smallest absolute Gasteiger partial charge is 0.142 e. The Morgan fingerprint density at radius 1 is 1.30 bits per heavy atom. The number of aliphatic hydroxyl groups is 1. The van der Waals surface area contributed by atoms with E-state index < -0.39 is 0 Å². The molecule has 0 amide bonds. The zero-order valence-electron chi connectivity index (χ0n) is 6.45. The maximum Gasteiger partial charge on any atom is 0.142 e. The number of aldehydes is 1. The van der Waals surface area contributed by atoms with Crippen molar-refractivity contribution in [2.45, 2.75) is 13.8 Å². The van der Waals surface area contributed by atoms with E-state index in [1.54, 1.807) is 25.2 Å². The summed E-state index contributed by atoms with van der Waals surface area (Å²) in [6.07, 6.45) is 7.37. The number of hydrogen-bond acceptors (Lipinski definition) is 2. The minimum Gasteiger partial charge on any atom is -0.392 e. The maximum absolute atomic E-state index is 9.32. The highest BCUT2D eigenvalue weighted by atomic mass is 16.2. The third-order valence-electron chi connectivity index (χ3n) is 0.612. The molecule has 0 aromatic heterocycles. The van der Waals surface area contributed by atoms with Gasteiger partial charge in [0, 0.05) is 0 Å². The summed E-state index contributed by atoms with van der Waals surface area (Å²) in [5.74, 6) is 0. The molecule has 0 bridgehead atoms. The molecule has 0 heterocycles. The zero-order chi connectivity index (χ0) is 8.24. The molecule has 0 aromatic rings. The van der Waals surface area contributed by atoms with E-state index in [0.717, 1.165) is 6.29 Å². The minimum atomic E-state index is 0.163. The number of hydrogen-bond donors (Lipinski definition) is 1. The molecule has 10 heavy (non-hydrogen) atoms. The van der Waals surface area contributed by atoms with Crippen LogP contribution in [0.25, 0.3) is 0 Å². The number of carbonyl (C=O) groups is 1. The van der Waals surface area contributed by atoms with Crippen LogP contribution < -0.4 is 0 Å². The average molecular weight is 142 g/mol. The molecule has 0 saturated carbocycles. The van der Waals surface area contributed by atoms with Gasteiger partial charge in [0.05, 0.1) is 6.61 Å². The summed E-state index contributed by atoms with van der Waals surface area (Å²) in [5, 5.41) is 7.98. The predicted molar refractivity (Wildman–Crippen MR) is 42.8 cm³/mol. The molecule has 0 aliphatic heterocycles. The Morgan fingerprint density at radius 3 is 1.90 bits per heavy atom. The first kappa shape index (κ1) is 11.9. The van der Waals surface area contributed by atoms with Gasteiger partial charge in [-0.1, -0.05) is 18.2 Å². The molecule has 0 radical (unpaired) electrons. The van der Waals surface area contributed by atoms with E-state index >= 15 is 0 Å². The van der Waals surface area contributed by atoms with Crippen molar-refractivity contribution >= 4 is 6.29 Å². The van der Waals surface area contributed by atoms with Crippen molar-refractivity contribution in [2.24, 2.45) is 0 Å². The molecule has 0 aliphatic carbocycles. The van der Waals surface area contributed by atoms with Crippen molar-refractivity contribution in [1.82, 2.24) is 0 Å². The summed E-state index contributed by atoms with van der Waals surface area (Å²) in [5.41, 5.74) is 0. The fourth-order valence-corrected chi connectivity index (χ4v) is 0.184. The molecule has 0 spiro atoms. The lowest BCUT2D eigenvalue weighted by Crippen LogP contribution is -1.65. The third-order valence-corrected chi connectivity index (χ3v) is 0.612. The van der Waals surface area contributed by atoms with Crippen LogP contribution in [-0.4, -0.2) is 18.0 Å². The van der Waals surface area contributed by atoms with Crippen LogP contribution in [0.1, 0.15) is 13.8 Å². The quantitative estimate of drug-likeness (QED) is 0.358. The Morgan fingerprint density at radius 2 is 1.90 bits per heavy atom. The van der Waals surface area contributed by atoms with E-state index in [-0.39, 0.29) is 6.61 Å². The van der Waals surface area contributed by atoms with E-state index in [1.165, 1.54) is 6.08 Å². The Kier molecular flexibility index (Phi) is 18.6. The first-order chi connectivity index (χ1) is 4.83. The molecule has 0 aromatic carbocycles. The standard InChI is InChI=1S/C4H8O.C4H6O/c2*1-2-3-4-5/h2-3,5H,4H2,1H3;2-4H,1H3/b2*3-2+. The maximum atomic E-state index is 9.32. The first-order valence-electron chi connectivity index (χ1n) is 3.11. The van der Waals surface area contributed by atoms with E-state index in [2.05, 4.69) is 0 Å². The summed E-state index contributed by atoms with van der Waals surface area (Å²) in [6.45, 7) is 3.83. The van der Waals surface area contributed by atoms with Gasteiger partial charge in [-0.05, 0) is 19.9 Å². The van der Waals surface area contributed by atoms with Gasteiger partial charge in [0.15, 0.2) is 0 Å². The summed E-state index contributed by atoms with van der Waals surface area (Å²) >= 11 is 0. The van der Waals surface area contributed by atoms with Gasteiger partial charge >= 0.3 is 0 Å². The van der Waals surface area contributed by atoms with Crippen molar-refractivity contribution < 1.29 is 9.90 Å². The van der Waals surface area contributed by atoms with Crippen molar-refractivity contribution in [2.75, 3.05) is 6.61 Å². The Bertz CT molecular complexity index is 104. The van der Waals surface area contributed by atoms with Crippen LogP contribution in [0, 0.1) is 0 Å². The molecule has 0 unspecified atom stereocenters. The second-order valence-electron chi connectivity index (χ2n) is 1.41. The number of aliphatic hydroxyl groups excluding tert-OH is 1.